The number of nitrogens with two attached hydrogens (primary N) is 5. The number of carbonyl (C=O) groups excluding carboxylic acids is 4. The molecule has 0 heterocycles. The van der Waals surface area contributed by atoms with Crippen LogP contribution in [0, 0.1) is 13.8 Å². The number of primary amides is 1. The van der Waals surface area contributed by atoms with E-state index >= 15 is 0 Å². The number of phenolic OH excluding ortho intramolecular Hbond substituents is 1. The molecule has 0 aromatic heterocycles. The van der Waals surface area contributed by atoms with Gasteiger partial charge in [0.2, 0.25) is 23.6 Å². The van der Waals surface area contributed by atoms with E-state index < -0.39 is 52.4 Å². The second kappa shape index (κ2) is 19.4. The fraction of sp³-hybridized carbons (Fsp3) is 0.469. The van der Waals surface area contributed by atoms with E-state index in [0.29, 0.717) is 29.5 Å². The van der Waals surface area contributed by atoms with Crippen molar-refractivity contribution < 1.29 is 24.3 Å². The Bertz CT molecular complexity index is 1710. The quantitative estimate of drug-likeness (QED) is 0.0289. The number of nitrogens with zero attached hydrogens (tertiary/aromatic N) is 1. The van der Waals surface area contributed by atoms with Crippen LogP contribution in [0.1, 0.15) is 54.4 Å². The maximum Gasteiger partial charge on any atom is 0.243 e. The van der Waals surface area contributed by atoms with Gasteiger partial charge in [0, 0.05) is 13.0 Å². The van der Waals surface area contributed by atoms with Gasteiger partial charge in [-0.25, -0.2) is 0 Å². The summed E-state index contributed by atoms with van der Waals surface area (Å²) in [5.74, 6) is -4.16. The zero-order chi connectivity index (χ0) is 41.3. The van der Waals surface area contributed by atoms with Crippen molar-refractivity contribution in [3.05, 3.63) is 34.4 Å². The summed E-state index contributed by atoms with van der Waals surface area (Å²) in [7, 11) is 49.6. The van der Waals surface area contributed by atoms with Crippen LogP contribution in [0.25, 0.3) is 0 Å². The van der Waals surface area contributed by atoms with Crippen LogP contribution in [0.15, 0.2) is 17.1 Å². The zero-order valence-electron chi connectivity index (χ0n) is 30.6. The van der Waals surface area contributed by atoms with Gasteiger partial charge in [0.15, 0.2) is 5.96 Å². The topological polar surface area (TPSA) is 267 Å². The number of hydrogen-bond acceptors (Lipinski definition) is 8. The van der Waals surface area contributed by atoms with Crippen molar-refractivity contribution in [3.8, 4) is 5.75 Å². The van der Waals surface area contributed by atoms with Gasteiger partial charge in [-0.15, -0.1) is 27.3 Å². The monoisotopic (exact) mass is 719 g/mol. The highest BCUT2D eigenvalue weighted by atomic mass is 16.3. The van der Waals surface area contributed by atoms with Crippen LogP contribution in [0.3, 0.4) is 0 Å². The van der Waals surface area contributed by atoms with Gasteiger partial charge in [-0.1, -0.05) is 12.0 Å². The number of aliphatic imine (C=N–C) groups is 1. The molecule has 14 nitrogen and oxygen atoms in total. The smallest absolute Gasteiger partial charge is 0.243 e. The first kappa shape index (κ1) is 46.0. The Kier molecular flexibility index (Phi) is 16.5. The summed E-state index contributed by atoms with van der Waals surface area (Å²) in [4.78, 5) is 58.3. The van der Waals surface area contributed by atoms with Gasteiger partial charge in [0.25, 0.3) is 0 Å². The van der Waals surface area contributed by atoms with E-state index in [1.165, 1.54) is 12.1 Å². The summed E-state index contributed by atoms with van der Waals surface area (Å²) in [5.41, 5.74) is 26.1. The van der Waals surface area contributed by atoms with Crippen molar-refractivity contribution in [3.63, 3.8) is 0 Å². The third-order valence-corrected chi connectivity index (χ3v) is 8.97. The van der Waals surface area contributed by atoms with Gasteiger partial charge < -0.3 is 49.7 Å². The average Bonchev–Trinajstić information content (AvgIpc) is 3.07. The molecule has 2 aromatic rings. The Labute approximate surface area is 327 Å². The van der Waals surface area contributed by atoms with Crippen LogP contribution in [0.2, 0.25) is 0 Å². The minimum absolute atomic E-state index is 0.00752. The van der Waals surface area contributed by atoms with Crippen molar-refractivity contribution in [2.45, 2.75) is 81.1 Å². The molecule has 268 valence electrons. The highest BCUT2D eigenvalue weighted by molar-refractivity contribution is 6.68. The Balaban J connectivity index is 2.56. The number of rotatable bonds is 19. The third kappa shape index (κ3) is 11.4. The largest absolute Gasteiger partial charge is 0.508 e. The van der Waals surface area contributed by atoms with Crippen molar-refractivity contribution in [2.24, 2.45) is 33.7 Å². The van der Waals surface area contributed by atoms with Gasteiger partial charge in [0.05, 0.1) is 27.2 Å². The van der Waals surface area contributed by atoms with Crippen LogP contribution in [0.5, 0.6) is 5.75 Å². The van der Waals surface area contributed by atoms with Crippen molar-refractivity contribution in [2.75, 3.05) is 13.1 Å². The molecule has 4 amide bonds. The highest BCUT2D eigenvalue weighted by Gasteiger charge is 2.43. The number of unbranched alkanes of at least 4 members (excludes halogenated alkanes) is 1. The van der Waals surface area contributed by atoms with Crippen LogP contribution < -0.4 is 71.9 Å². The lowest BCUT2D eigenvalue weighted by atomic mass is 9.42. The number of guanidine groups is 1. The molecule has 0 saturated carbocycles. The molecule has 0 aliphatic carbocycles. The Morgan fingerprint density at radius 1 is 0.833 bits per heavy atom. The lowest BCUT2D eigenvalue weighted by molar-refractivity contribution is -0.135. The molecule has 22 heteroatoms. The molecular formula is C32H41B8N9O5. The maximum absolute atomic E-state index is 14.2. The first-order chi connectivity index (χ1) is 25.0. The second-order valence-electron chi connectivity index (χ2n) is 13.3. The molecule has 14 N–H and O–H groups in total. The lowest BCUT2D eigenvalue weighted by Crippen LogP contribution is -2.69. The fourth-order valence-corrected chi connectivity index (χ4v) is 5.87. The van der Waals surface area contributed by atoms with Crippen LogP contribution in [0.4, 0.5) is 0 Å². The molecule has 0 saturated heterocycles. The molecule has 0 bridgehead atoms. The molecule has 0 unspecified atom stereocenters. The van der Waals surface area contributed by atoms with Gasteiger partial charge in [-0.05, 0) is 80.1 Å². The maximum atomic E-state index is 14.2. The number of aryl methyl sites for hydroxylation is 2. The minimum atomic E-state index is -2.46. The highest BCUT2D eigenvalue weighted by Crippen LogP contribution is 2.23. The Hall–Kier alpha value is -4.17. The first-order valence-electron chi connectivity index (χ1n) is 16.9. The molecule has 2 rings (SSSR count). The number of phenols is 1. The van der Waals surface area contributed by atoms with Crippen molar-refractivity contribution in [1.82, 2.24) is 16.0 Å². The van der Waals surface area contributed by atoms with Crippen molar-refractivity contribution >= 4 is 120 Å². The standard InChI is InChI=1S/C32H41B8N9O5/c1-13-10-15(50)11-14(2)16(13)12-18(47-27(52)17(42)6-5-9-46-30(44)45)28(53)49-31(38,7-3-4-8-41)29(54)48-25(26(43)51)32(39,40)19-20(33)22(35)24(37)23(36)21(19)34/h10-11,17-18,25,50H,3-9,12,41-42H2,1-2H3,(H2,43,51)(H,47,52)(H,48,54)(H,49,53)(H4,44,45,46)/t17-,18+,25-,31+/m1/s1. The molecule has 0 aliphatic rings. The summed E-state index contributed by atoms with van der Waals surface area (Å²) in [5, 5.41) is 15.1. The second-order valence-corrected chi connectivity index (χ2v) is 13.3. The number of benzene rings is 2. The fourth-order valence-electron chi connectivity index (χ4n) is 5.87. The van der Waals surface area contributed by atoms with E-state index in [2.05, 4.69) is 20.9 Å². The molecule has 54 heavy (non-hydrogen) atoms. The summed E-state index contributed by atoms with van der Waals surface area (Å²) in [6.45, 7) is 3.84. The Morgan fingerprint density at radius 2 is 1.37 bits per heavy atom. The van der Waals surface area contributed by atoms with Gasteiger partial charge in [-0.3, -0.25) is 24.2 Å². The number of amides is 4. The predicted octanol–water partition coefficient (Wildman–Crippen LogP) is -8.34. The normalized spacial score (nSPS) is 14.1. The van der Waals surface area contributed by atoms with Crippen LogP contribution in [-0.4, -0.2) is 134 Å². The number of nitrogens with one attached hydrogen (secondary N) is 3. The average molecular weight is 718 g/mol. The van der Waals surface area contributed by atoms with Gasteiger partial charge in [0.1, 0.15) is 64.9 Å². The van der Waals surface area contributed by atoms with Crippen molar-refractivity contribution in [1.29, 1.82) is 0 Å². The van der Waals surface area contributed by atoms with E-state index in [9.17, 15) is 24.3 Å². The van der Waals surface area contributed by atoms with E-state index in [4.69, 9.17) is 91.4 Å². The van der Waals surface area contributed by atoms with E-state index in [-0.39, 0.29) is 83.4 Å². The molecule has 0 fully saturated rings. The number of aromatic hydroxyl groups is 1. The van der Waals surface area contributed by atoms with E-state index in [1.54, 1.807) is 13.8 Å². The SMILES string of the molecule is [B]c1c([B])c([B])c(C([B])([B])[C@H](NC(=O)[C@]([B])(CCCCN)NC(=O)[C@H](Cc2c(C)cc(O)cc2C)NC(=O)[C@H](N)CCCN=C(N)N)C(N)=O)c([B])c1[B]. The molecular weight excluding hydrogens is 677 g/mol. The lowest BCUT2D eigenvalue weighted by Gasteiger charge is -2.41. The van der Waals surface area contributed by atoms with E-state index in [1.807, 2.05) is 0 Å². The van der Waals surface area contributed by atoms with E-state index in [0.717, 1.165) is 0 Å². The summed E-state index contributed by atoms with van der Waals surface area (Å²) in [6, 6.07) is -1.47. The minimum Gasteiger partial charge on any atom is -0.508 e. The van der Waals surface area contributed by atoms with Gasteiger partial charge in [-0.2, -0.15) is 0 Å². The molecule has 0 aliphatic heterocycles. The predicted molar refractivity (Wildman–Crippen MR) is 218 cm³/mol. The molecule has 2 aromatic carbocycles. The van der Waals surface area contributed by atoms with Crippen LogP contribution >= 0.6 is 0 Å². The van der Waals surface area contributed by atoms with Crippen LogP contribution in [-0.2, 0) is 30.8 Å². The molecule has 0 spiro atoms. The summed E-state index contributed by atoms with van der Waals surface area (Å²) in [6.07, 6.45) is 0.737. The Morgan fingerprint density at radius 3 is 1.87 bits per heavy atom. The summed E-state index contributed by atoms with van der Waals surface area (Å²) < 4.78 is 0. The number of carbonyl (C=O) groups is 4. The zero-order valence-corrected chi connectivity index (χ0v) is 30.6. The molecule has 16 radical (unpaired) electrons. The number of hydrogen-bond donors (Lipinski definition) is 9. The molecule has 4 atom stereocenters. The summed E-state index contributed by atoms with van der Waals surface area (Å²) >= 11 is 0. The third-order valence-electron chi connectivity index (χ3n) is 8.97. The van der Waals surface area contributed by atoms with Gasteiger partial charge >= 0.3 is 0 Å². The first-order valence-corrected chi connectivity index (χ1v) is 16.9.